The number of rotatable bonds is 30. The third kappa shape index (κ3) is 29.0. The molecule has 0 saturated heterocycles. The molecule has 250 valence electrons. The second-order valence-corrected chi connectivity index (χ2v) is 12.5. The zero-order valence-electron chi connectivity index (χ0n) is 27.2. The number of aliphatic hydroxyl groups is 1. The lowest BCUT2D eigenvalue weighted by molar-refractivity contribution is -0.123. The zero-order valence-corrected chi connectivity index (χ0v) is 28.1. The Morgan fingerprint density at radius 1 is 0.767 bits per heavy atom. The molecule has 0 aromatic heterocycles. The lowest BCUT2D eigenvalue weighted by Gasteiger charge is -2.23. The monoisotopic (exact) mass is 626 g/mol. The molecule has 43 heavy (non-hydrogen) atoms. The van der Waals surface area contributed by atoms with Gasteiger partial charge in [-0.05, 0) is 57.8 Å². The summed E-state index contributed by atoms with van der Waals surface area (Å²) in [5.74, 6) is -0.224. The van der Waals surface area contributed by atoms with Crippen LogP contribution in [-0.2, 0) is 18.4 Å². The number of nitrogens with two attached hydrogens (primary N) is 1. The van der Waals surface area contributed by atoms with Gasteiger partial charge in [-0.25, -0.2) is 4.57 Å². The summed E-state index contributed by atoms with van der Waals surface area (Å²) in [6.45, 7) is 3.98. The minimum Gasteiger partial charge on any atom is -0.387 e. The summed E-state index contributed by atoms with van der Waals surface area (Å²) in [6.07, 6.45) is 34.4. The number of carbonyl (C=O) groups is 1. The minimum absolute atomic E-state index is 0.0696. The maximum Gasteiger partial charge on any atom is 0.472 e. The van der Waals surface area contributed by atoms with Gasteiger partial charge in [0.1, 0.15) is 0 Å². The third-order valence-corrected chi connectivity index (χ3v) is 7.86. The lowest BCUT2D eigenvalue weighted by atomic mass is 10.1. The van der Waals surface area contributed by atoms with Crippen molar-refractivity contribution in [2.24, 2.45) is 5.73 Å². The van der Waals surface area contributed by atoms with Gasteiger partial charge < -0.3 is 21.1 Å². The number of aliphatic hydroxyl groups excluding tert-OH is 1. The average Bonchev–Trinajstić information content (AvgIpc) is 2.99. The summed E-state index contributed by atoms with van der Waals surface area (Å²) in [5.41, 5.74) is 5.33. The Morgan fingerprint density at radius 2 is 1.33 bits per heavy atom. The summed E-state index contributed by atoms with van der Waals surface area (Å²) in [6, 6.07) is -0.881. The van der Waals surface area contributed by atoms with Crippen molar-refractivity contribution in [1.29, 1.82) is 0 Å². The van der Waals surface area contributed by atoms with Crippen molar-refractivity contribution in [3.05, 3.63) is 48.6 Å². The quantitative estimate of drug-likeness (QED) is 0.0359. The highest BCUT2D eigenvalue weighted by Crippen LogP contribution is 2.43. The summed E-state index contributed by atoms with van der Waals surface area (Å²) in [7, 11) is -4.34. The number of allylic oxidation sites excluding steroid dienone is 7. The molecule has 5 N–H and O–H groups in total. The molecule has 0 aliphatic carbocycles. The molecule has 8 nitrogen and oxygen atoms in total. The summed E-state index contributed by atoms with van der Waals surface area (Å²) in [4.78, 5) is 22.5. The van der Waals surface area contributed by atoms with Crippen molar-refractivity contribution < 1.29 is 28.4 Å². The Balaban J connectivity index is 4.46. The first-order chi connectivity index (χ1) is 20.9. The Kier molecular flexibility index (Phi) is 29.4. The van der Waals surface area contributed by atoms with Crippen LogP contribution in [0.1, 0.15) is 129 Å². The predicted molar refractivity (Wildman–Crippen MR) is 180 cm³/mol. The van der Waals surface area contributed by atoms with Gasteiger partial charge >= 0.3 is 7.82 Å². The van der Waals surface area contributed by atoms with E-state index >= 15 is 0 Å². The first-order valence-corrected chi connectivity index (χ1v) is 18.3. The largest absolute Gasteiger partial charge is 0.472 e. The van der Waals surface area contributed by atoms with Crippen LogP contribution in [0.5, 0.6) is 0 Å². The molecule has 0 radical (unpaired) electrons. The standard InChI is InChI=1S/C34H63N2O6P/c1-3-5-7-9-11-13-15-16-17-18-20-22-24-26-28-34(38)36-32(31-42-43(39,40)41-30-29-35)33(37)27-25-23-21-19-14-12-10-8-6-4-2/h9,11,14-16,19,25,27,32-33,37H,3-8,10,12-13,17-18,20-24,26,28-31,35H2,1-2H3,(H,36,38)(H,39,40)/b11-9-,16-15-,19-14+,27-25+. The van der Waals surface area contributed by atoms with E-state index in [2.05, 4.69) is 55.6 Å². The molecule has 0 aromatic rings. The topological polar surface area (TPSA) is 131 Å². The Morgan fingerprint density at radius 3 is 2.00 bits per heavy atom. The highest BCUT2D eigenvalue weighted by molar-refractivity contribution is 7.47. The number of nitrogens with one attached hydrogen (secondary N) is 1. The molecule has 0 saturated carbocycles. The van der Waals surface area contributed by atoms with Crippen molar-refractivity contribution in [3.8, 4) is 0 Å². The maximum absolute atomic E-state index is 12.6. The van der Waals surface area contributed by atoms with Crippen molar-refractivity contribution in [2.75, 3.05) is 19.8 Å². The van der Waals surface area contributed by atoms with E-state index in [1.54, 1.807) is 6.08 Å². The Bertz CT molecular complexity index is 815. The summed E-state index contributed by atoms with van der Waals surface area (Å²) in [5, 5.41) is 13.5. The van der Waals surface area contributed by atoms with Crippen LogP contribution in [0, 0.1) is 0 Å². The van der Waals surface area contributed by atoms with Gasteiger partial charge in [-0.15, -0.1) is 0 Å². The summed E-state index contributed by atoms with van der Waals surface area (Å²) >= 11 is 0. The fourth-order valence-electron chi connectivity index (χ4n) is 4.28. The number of hydrogen-bond acceptors (Lipinski definition) is 6. The molecule has 0 rings (SSSR count). The lowest BCUT2D eigenvalue weighted by Crippen LogP contribution is -2.45. The molecular formula is C34H63N2O6P. The van der Waals surface area contributed by atoms with E-state index in [1.165, 1.54) is 44.9 Å². The molecule has 0 aromatic carbocycles. The van der Waals surface area contributed by atoms with Crippen molar-refractivity contribution >= 4 is 13.7 Å². The fourth-order valence-corrected chi connectivity index (χ4v) is 5.04. The van der Waals surface area contributed by atoms with E-state index in [4.69, 9.17) is 14.8 Å². The average molecular weight is 627 g/mol. The van der Waals surface area contributed by atoms with Crippen LogP contribution in [0.3, 0.4) is 0 Å². The predicted octanol–water partition coefficient (Wildman–Crippen LogP) is 8.21. The van der Waals surface area contributed by atoms with Crippen LogP contribution in [0.15, 0.2) is 48.6 Å². The van der Waals surface area contributed by atoms with Crippen LogP contribution < -0.4 is 11.1 Å². The molecule has 1 amide bonds. The molecule has 9 heteroatoms. The maximum atomic E-state index is 12.6. The Labute approximate surface area is 262 Å². The highest BCUT2D eigenvalue weighted by atomic mass is 31.2. The van der Waals surface area contributed by atoms with Crippen LogP contribution in [0.2, 0.25) is 0 Å². The molecular weight excluding hydrogens is 563 g/mol. The van der Waals surface area contributed by atoms with Gasteiger partial charge in [0.15, 0.2) is 0 Å². The third-order valence-electron chi connectivity index (χ3n) is 6.88. The SMILES string of the molecule is CCCC/C=C\C/C=C\CCCCCCCC(=O)NC(COP(=O)(O)OCCN)C(O)/C=C/CC/C=C/CCCCCC. The van der Waals surface area contributed by atoms with Gasteiger partial charge in [0.2, 0.25) is 5.91 Å². The molecule has 0 spiro atoms. The number of phosphoric ester groups is 1. The molecule has 0 fully saturated rings. The number of carbonyl (C=O) groups excluding carboxylic acids is 1. The van der Waals surface area contributed by atoms with Crippen molar-refractivity contribution in [1.82, 2.24) is 5.32 Å². The first-order valence-electron chi connectivity index (χ1n) is 16.8. The summed E-state index contributed by atoms with van der Waals surface area (Å²) < 4.78 is 21.9. The van der Waals surface area contributed by atoms with Gasteiger partial charge in [-0.3, -0.25) is 13.8 Å². The van der Waals surface area contributed by atoms with E-state index in [-0.39, 0.29) is 25.7 Å². The molecule has 0 heterocycles. The van der Waals surface area contributed by atoms with Crippen LogP contribution in [0.4, 0.5) is 0 Å². The van der Waals surface area contributed by atoms with Gasteiger partial charge in [0, 0.05) is 13.0 Å². The fraction of sp³-hybridized carbons (Fsp3) is 0.735. The van der Waals surface area contributed by atoms with Crippen LogP contribution in [-0.4, -0.2) is 47.8 Å². The number of amides is 1. The van der Waals surface area contributed by atoms with Gasteiger partial charge in [-0.1, -0.05) is 114 Å². The van der Waals surface area contributed by atoms with Gasteiger partial charge in [0.05, 0.1) is 25.4 Å². The number of unbranched alkanes of at least 4 members (excludes halogenated alkanes) is 12. The number of hydrogen-bond donors (Lipinski definition) is 4. The van der Waals surface area contributed by atoms with E-state index in [1.807, 2.05) is 6.08 Å². The van der Waals surface area contributed by atoms with Crippen LogP contribution in [0.25, 0.3) is 0 Å². The van der Waals surface area contributed by atoms with E-state index in [9.17, 15) is 19.4 Å². The van der Waals surface area contributed by atoms with Crippen molar-refractivity contribution in [3.63, 3.8) is 0 Å². The zero-order chi connectivity index (χ0) is 31.9. The molecule has 0 aliphatic heterocycles. The van der Waals surface area contributed by atoms with Gasteiger partial charge in [-0.2, -0.15) is 0 Å². The van der Waals surface area contributed by atoms with Gasteiger partial charge in [0.25, 0.3) is 0 Å². The normalized spacial score (nSPS) is 15.2. The minimum atomic E-state index is -4.34. The second-order valence-electron chi connectivity index (χ2n) is 11.0. The van der Waals surface area contributed by atoms with E-state index < -0.39 is 20.0 Å². The van der Waals surface area contributed by atoms with Crippen LogP contribution >= 0.6 is 7.82 Å². The molecule has 0 bridgehead atoms. The Hall–Kier alpha value is -1.54. The number of phosphoric acid groups is 1. The molecule has 0 aliphatic rings. The first kappa shape index (κ1) is 41.5. The molecule has 3 unspecified atom stereocenters. The second kappa shape index (κ2) is 30.5. The van der Waals surface area contributed by atoms with E-state index in [0.717, 1.165) is 64.2 Å². The molecule has 3 atom stereocenters. The van der Waals surface area contributed by atoms with E-state index in [0.29, 0.717) is 6.42 Å². The smallest absolute Gasteiger partial charge is 0.387 e. The van der Waals surface area contributed by atoms with Crippen molar-refractivity contribution in [2.45, 2.75) is 142 Å². The highest BCUT2D eigenvalue weighted by Gasteiger charge is 2.26.